The van der Waals surface area contributed by atoms with Gasteiger partial charge in [-0.25, -0.2) is 9.78 Å². The number of carbonyl (C=O) groups is 1. The van der Waals surface area contributed by atoms with Crippen molar-refractivity contribution in [1.82, 2.24) is 9.88 Å². The molecule has 0 radical (unpaired) electrons. The van der Waals surface area contributed by atoms with Gasteiger partial charge in [0.15, 0.2) is 0 Å². The van der Waals surface area contributed by atoms with Crippen molar-refractivity contribution in [2.75, 3.05) is 30.0 Å². The van der Waals surface area contributed by atoms with Crippen LogP contribution in [0.1, 0.15) is 19.4 Å². The van der Waals surface area contributed by atoms with Gasteiger partial charge in [0.25, 0.3) is 0 Å². The number of aromatic nitrogens is 1. The number of hydrogen-bond donors (Lipinski definition) is 1. The van der Waals surface area contributed by atoms with E-state index in [9.17, 15) is 18.0 Å². The smallest absolute Gasteiger partial charge is 0.446 e. The van der Waals surface area contributed by atoms with E-state index in [1.807, 2.05) is 6.07 Å². The Morgan fingerprint density at radius 2 is 2.03 bits per heavy atom. The summed E-state index contributed by atoms with van der Waals surface area (Å²) >= 11 is -0.110. The summed E-state index contributed by atoms with van der Waals surface area (Å²) in [7, 11) is 0. The van der Waals surface area contributed by atoms with Gasteiger partial charge in [0.1, 0.15) is 5.82 Å². The number of thioether (sulfide) groups is 1. The predicted octanol–water partition coefficient (Wildman–Crippen LogP) is 4.93. The van der Waals surface area contributed by atoms with E-state index in [1.54, 1.807) is 31.3 Å². The molecule has 6 nitrogen and oxygen atoms in total. The largest absolute Gasteiger partial charge is 0.450 e. The molecule has 1 aliphatic heterocycles. The lowest BCUT2D eigenvalue weighted by atomic mass is 10.2. The summed E-state index contributed by atoms with van der Waals surface area (Å²) in [5, 5.41) is 2.59. The zero-order valence-corrected chi connectivity index (χ0v) is 17.5. The highest BCUT2D eigenvalue weighted by Gasteiger charge is 2.30. The minimum Gasteiger partial charge on any atom is -0.450 e. The Morgan fingerprint density at radius 1 is 1.30 bits per heavy atom. The first-order valence-corrected chi connectivity index (χ1v) is 10.3. The van der Waals surface area contributed by atoms with Crippen LogP contribution in [0, 0.1) is 0 Å². The van der Waals surface area contributed by atoms with Crippen molar-refractivity contribution in [3.63, 3.8) is 0 Å². The first-order chi connectivity index (χ1) is 14.2. The van der Waals surface area contributed by atoms with Crippen molar-refractivity contribution in [3.8, 4) is 0 Å². The maximum atomic E-state index is 12.5. The second-order valence-electron chi connectivity index (χ2n) is 6.90. The average molecular weight is 440 g/mol. The number of ether oxygens (including phenoxy) is 1. The zero-order chi connectivity index (χ0) is 21.7. The third-order valence-corrected chi connectivity index (χ3v) is 5.35. The van der Waals surface area contributed by atoms with Crippen LogP contribution in [0.5, 0.6) is 0 Å². The van der Waals surface area contributed by atoms with Gasteiger partial charge in [-0.3, -0.25) is 10.2 Å². The number of benzene rings is 1. The van der Waals surface area contributed by atoms with Gasteiger partial charge in [0, 0.05) is 35.9 Å². The Hall–Kier alpha value is -2.46. The fourth-order valence-electron chi connectivity index (χ4n) is 3.25. The Bertz CT molecular complexity index is 864. The van der Waals surface area contributed by atoms with Gasteiger partial charge in [0.05, 0.1) is 13.3 Å². The summed E-state index contributed by atoms with van der Waals surface area (Å²) in [6, 6.07) is 10.4. The highest BCUT2D eigenvalue weighted by molar-refractivity contribution is 8.00. The summed E-state index contributed by atoms with van der Waals surface area (Å²) in [5.74, 6) is 0.424. The van der Waals surface area contributed by atoms with E-state index in [0.29, 0.717) is 19.0 Å². The second-order valence-corrected chi connectivity index (χ2v) is 8.03. The van der Waals surface area contributed by atoms with Crippen LogP contribution in [0.25, 0.3) is 0 Å². The van der Waals surface area contributed by atoms with Crippen molar-refractivity contribution < 1.29 is 22.7 Å². The summed E-state index contributed by atoms with van der Waals surface area (Å²) in [6.07, 6.45) is 1.09. The van der Waals surface area contributed by atoms with E-state index in [0.717, 1.165) is 17.8 Å². The third-order valence-electron chi connectivity index (χ3n) is 4.61. The van der Waals surface area contributed by atoms with Gasteiger partial charge in [-0.05, 0) is 67.6 Å². The lowest BCUT2D eigenvalue weighted by Gasteiger charge is -2.21. The molecule has 1 unspecified atom stereocenters. The quantitative estimate of drug-likeness (QED) is 0.643. The molecular formula is C20H23F3N4O2S. The van der Waals surface area contributed by atoms with Gasteiger partial charge in [0.2, 0.25) is 0 Å². The maximum absolute atomic E-state index is 12.5. The Labute approximate surface area is 177 Å². The highest BCUT2D eigenvalue weighted by Crippen LogP contribution is 2.37. The minimum atomic E-state index is -4.29. The molecule has 0 saturated carbocycles. The fourth-order valence-corrected chi connectivity index (χ4v) is 3.79. The normalized spacial score (nSPS) is 17.2. The number of pyridine rings is 1. The first-order valence-electron chi connectivity index (χ1n) is 9.47. The van der Waals surface area contributed by atoms with E-state index in [-0.39, 0.29) is 29.3 Å². The molecule has 1 N–H and O–H groups in total. The molecule has 2 heterocycles. The topological polar surface area (TPSA) is 57.7 Å². The number of halogens is 3. The Morgan fingerprint density at radius 3 is 2.70 bits per heavy atom. The van der Waals surface area contributed by atoms with E-state index < -0.39 is 11.6 Å². The SMILES string of the molecule is CCOC(=O)Nc1cc(CN2CN(c3ccc(SC(F)(F)F)cc3)CC2C)ccn1. The second kappa shape index (κ2) is 9.57. The number of nitrogens with zero attached hydrogens (tertiary/aromatic N) is 3. The number of nitrogens with one attached hydrogen (secondary N) is 1. The van der Waals surface area contributed by atoms with Crippen LogP contribution in [-0.2, 0) is 11.3 Å². The molecule has 1 aromatic heterocycles. The van der Waals surface area contributed by atoms with Crippen molar-refractivity contribution in [1.29, 1.82) is 0 Å². The number of hydrogen-bond acceptors (Lipinski definition) is 6. The number of anilines is 2. The molecular weight excluding hydrogens is 417 g/mol. The van der Waals surface area contributed by atoms with Crippen LogP contribution in [-0.4, -0.2) is 47.3 Å². The van der Waals surface area contributed by atoms with Crippen LogP contribution in [0.15, 0.2) is 47.5 Å². The van der Waals surface area contributed by atoms with E-state index in [2.05, 4.69) is 27.0 Å². The Kier molecular flexibility index (Phi) is 7.09. The van der Waals surface area contributed by atoms with Crippen LogP contribution in [0.2, 0.25) is 0 Å². The lowest BCUT2D eigenvalue weighted by Crippen LogP contribution is -2.28. The number of carbonyl (C=O) groups excluding carboxylic acids is 1. The van der Waals surface area contributed by atoms with Crippen LogP contribution >= 0.6 is 11.8 Å². The lowest BCUT2D eigenvalue weighted by molar-refractivity contribution is -0.0328. The number of alkyl halides is 3. The summed E-state index contributed by atoms with van der Waals surface area (Å²) < 4.78 is 42.4. The monoisotopic (exact) mass is 440 g/mol. The molecule has 2 aromatic rings. The zero-order valence-electron chi connectivity index (χ0n) is 16.6. The standard InChI is InChI=1S/C20H23F3N4O2S/c1-3-29-19(28)25-18-10-15(8-9-24-18)12-26-13-27(11-14(26)2)16-4-6-17(7-5-16)30-20(21,22)23/h4-10,14H,3,11-13H2,1-2H3,(H,24,25,28). The summed E-state index contributed by atoms with van der Waals surface area (Å²) in [6.45, 7) is 6.18. The molecule has 30 heavy (non-hydrogen) atoms. The third kappa shape index (κ3) is 6.27. The molecule has 1 saturated heterocycles. The van der Waals surface area contributed by atoms with Gasteiger partial charge < -0.3 is 9.64 Å². The van der Waals surface area contributed by atoms with E-state index in [4.69, 9.17) is 4.74 Å². The Balaban J connectivity index is 1.61. The molecule has 1 amide bonds. The van der Waals surface area contributed by atoms with Gasteiger partial charge in [-0.2, -0.15) is 13.2 Å². The van der Waals surface area contributed by atoms with Crippen molar-refractivity contribution in [3.05, 3.63) is 48.2 Å². The highest BCUT2D eigenvalue weighted by atomic mass is 32.2. The minimum absolute atomic E-state index is 0.110. The first kappa shape index (κ1) is 22.2. The van der Waals surface area contributed by atoms with Crippen LogP contribution < -0.4 is 10.2 Å². The van der Waals surface area contributed by atoms with Crippen LogP contribution in [0.3, 0.4) is 0 Å². The van der Waals surface area contributed by atoms with Gasteiger partial charge >= 0.3 is 11.6 Å². The molecule has 0 aliphatic carbocycles. The molecule has 1 aliphatic rings. The molecule has 10 heteroatoms. The van der Waals surface area contributed by atoms with Crippen molar-refractivity contribution >= 4 is 29.4 Å². The molecule has 1 atom stereocenters. The van der Waals surface area contributed by atoms with Crippen molar-refractivity contribution in [2.45, 2.75) is 36.8 Å². The summed E-state index contributed by atoms with van der Waals surface area (Å²) in [5.41, 5.74) is -2.41. The van der Waals surface area contributed by atoms with Gasteiger partial charge in [-0.15, -0.1) is 0 Å². The predicted molar refractivity (Wildman–Crippen MR) is 110 cm³/mol. The molecule has 0 bridgehead atoms. The van der Waals surface area contributed by atoms with Crippen LogP contribution in [0.4, 0.5) is 29.5 Å². The van der Waals surface area contributed by atoms with E-state index in [1.165, 1.54) is 12.1 Å². The maximum Gasteiger partial charge on any atom is 0.446 e. The van der Waals surface area contributed by atoms with Gasteiger partial charge in [-0.1, -0.05) is 0 Å². The average Bonchev–Trinajstić information content (AvgIpc) is 3.02. The molecule has 162 valence electrons. The summed E-state index contributed by atoms with van der Waals surface area (Å²) in [4.78, 5) is 20.3. The molecule has 3 rings (SSSR count). The molecule has 0 spiro atoms. The number of rotatable bonds is 6. The van der Waals surface area contributed by atoms with Crippen molar-refractivity contribution in [2.24, 2.45) is 0 Å². The molecule has 1 aromatic carbocycles. The molecule has 1 fully saturated rings. The van der Waals surface area contributed by atoms with E-state index >= 15 is 0 Å². The number of amides is 1. The fraction of sp³-hybridized carbons (Fsp3) is 0.400.